The minimum absolute atomic E-state index is 0.0550. The smallest absolute Gasteiger partial charge is 0.251 e. The summed E-state index contributed by atoms with van der Waals surface area (Å²) in [5.41, 5.74) is 2.84. The number of hydrogen-bond acceptors (Lipinski definition) is 2. The Bertz CT molecular complexity index is 839. The molecule has 1 amide bonds. The number of halogens is 1. The molecule has 3 rings (SSSR count). The highest BCUT2D eigenvalue weighted by Crippen LogP contribution is 2.17. The number of aryl methyl sites for hydroxylation is 1. The van der Waals surface area contributed by atoms with E-state index in [9.17, 15) is 4.79 Å². The number of carbonyl (C=O) groups excluding carboxylic acids is 1. The van der Waals surface area contributed by atoms with Gasteiger partial charge in [-0.2, -0.15) is 0 Å². The highest BCUT2D eigenvalue weighted by atomic mass is 79.9. The van der Waals surface area contributed by atoms with Gasteiger partial charge in [-0.3, -0.25) is 4.79 Å². The molecule has 0 atom stereocenters. The van der Waals surface area contributed by atoms with Crippen molar-refractivity contribution < 1.29 is 4.79 Å². The second-order valence-corrected chi connectivity index (χ2v) is 6.60. The number of rotatable bonds is 6. The van der Waals surface area contributed by atoms with Gasteiger partial charge in [0.15, 0.2) is 0 Å². The molecule has 0 unspecified atom stereocenters. The fourth-order valence-corrected chi connectivity index (χ4v) is 3.04. The molecular weight excluding hydrogens is 366 g/mol. The number of para-hydroxylation sites is 2. The van der Waals surface area contributed by atoms with E-state index in [2.05, 4.69) is 38.8 Å². The molecular formula is C19H20BrN3O. The zero-order valence-electron chi connectivity index (χ0n) is 13.6. The zero-order valence-corrected chi connectivity index (χ0v) is 15.2. The van der Waals surface area contributed by atoms with Gasteiger partial charge in [0.2, 0.25) is 0 Å². The van der Waals surface area contributed by atoms with Gasteiger partial charge in [-0.05, 0) is 42.8 Å². The van der Waals surface area contributed by atoms with Gasteiger partial charge in [0, 0.05) is 29.5 Å². The predicted octanol–water partition coefficient (Wildman–Crippen LogP) is 4.18. The van der Waals surface area contributed by atoms with Crippen LogP contribution in [0.15, 0.2) is 53.0 Å². The van der Waals surface area contributed by atoms with Gasteiger partial charge in [0.25, 0.3) is 5.91 Å². The maximum absolute atomic E-state index is 12.2. The molecule has 0 aliphatic carbocycles. The third-order valence-electron chi connectivity index (χ3n) is 3.92. The molecule has 0 aliphatic heterocycles. The van der Waals surface area contributed by atoms with Crippen LogP contribution < -0.4 is 5.32 Å². The fraction of sp³-hybridized carbons (Fsp3) is 0.263. The Kier molecular flexibility index (Phi) is 5.30. The molecule has 0 aliphatic rings. The third kappa shape index (κ3) is 3.67. The second-order valence-electron chi connectivity index (χ2n) is 5.68. The van der Waals surface area contributed by atoms with Crippen LogP contribution in [-0.2, 0) is 13.0 Å². The Balaban J connectivity index is 1.68. The highest BCUT2D eigenvalue weighted by molar-refractivity contribution is 9.10. The third-order valence-corrected chi connectivity index (χ3v) is 4.45. The number of fused-ring (bicyclic) bond motifs is 1. The van der Waals surface area contributed by atoms with Crippen LogP contribution in [0.1, 0.15) is 29.5 Å². The van der Waals surface area contributed by atoms with Crippen molar-refractivity contribution in [3.8, 4) is 0 Å². The van der Waals surface area contributed by atoms with Crippen molar-refractivity contribution in [2.24, 2.45) is 0 Å². The molecule has 124 valence electrons. The van der Waals surface area contributed by atoms with E-state index >= 15 is 0 Å². The van der Waals surface area contributed by atoms with Gasteiger partial charge in [-0.15, -0.1) is 0 Å². The number of imidazole rings is 1. The van der Waals surface area contributed by atoms with Crippen molar-refractivity contribution in [1.82, 2.24) is 14.9 Å². The summed E-state index contributed by atoms with van der Waals surface area (Å²) < 4.78 is 3.22. The Morgan fingerprint density at radius 1 is 1.17 bits per heavy atom. The lowest BCUT2D eigenvalue weighted by atomic mass is 10.2. The van der Waals surface area contributed by atoms with E-state index in [0.29, 0.717) is 12.1 Å². The van der Waals surface area contributed by atoms with Crippen LogP contribution in [0.5, 0.6) is 0 Å². The number of amides is 1. The summed E-state index contributed by atoms with van der Waals surface area (Å²) in [6, 6.07) is 15.5. The number of benzene rings is 2. The molecule has 0 fully saturated rings. The fourth-order valence-electron chi connectivity index (χ4n) is 2.78. The monoisotopic (exact) mass is 385 g/mol. The first-order valence-corrected chi connectivity index (χ1v) is 8.96. The maximum atomic E-state index is 12.2. The van der Waals surface area contributed by atoms with Gasteiger partial charge < -0.3 is 9.88 Å². The molecule has 1 aromatic heterocycles. The standard InChI is InChI=1S/C19H20BrN3O/c1-2-13-23-17-6-4-3-5-16(17)22-18(23)11-12-21-19(24)14-7-9-15(20)10-8-14/h3-10H,2,11-13H2,1H3,(H,21,24). The SMILES string of the molecule is CCCn1c(CCNC(=O)c2ccc(Br)cc2)nc2ccccc21. The van der Waals surface area contributed by atoms with Crippen LogP contribution >= 0.6 is 15.9 Å². The molecule has 0 spiro atoms. The minimum atomic E-state index is -0.0550. The lowest BCUT2D eigenvalue weighted by Gasteiger charge is -2.09. The van der Waals surface area contributed by atoms with Crippen LogP contribution in [0.2, 0.25) is 0 Å². The van der Waals surface area contributed by atoms with Crippen molar-refractivity contribution in [3.63, 3.8) is 0 Å². The van der Waals surface area contributed by atoms with Crippen LogP contribution in [0.4, 0.5) is 0 Å². The van der Waals surface area contributed by atoms with E-state index in [4.69, 9.17) is 4.98 Å². The quantitative estimate of drug-likeness (QED) is 0.691. The van der Waals surface area contributed by atoms with Gasteiger partial charge >= 0.3 is 0 Å². The Labute approximate surface area is 150 Å². The van der Waals surface area contributed by atoms with Gasteiger partial charge in [0.1, 0.15) is 5.82 Å². The average Bonchev–Trinajstić information content (AvgIpc) is 2.94. The summed E-state index contributed by atoms with van der Waals surface area (Å²) in [5.74, 6) is 0.967. The Hall–Kier alpha value is -2.14. The van der Waals surface area contributed by atoms with Gasteiger partial charge in [-0.1, -0.05) is 35.0 Å². The van der Waals surface area contributed by atoms with Gasteiger partial charge in [0.05, 0.1) is 11.0 Å². The lowest BCUT2D eigenvalue weighted by molar-refractivity contribution is 0.0954. The van der Waals surface area contributed by atoms with E-state index in [-0.39, 0.29) is 5.91 Å². The molecule has 1 heterocycles. The Morgan fingerprint density at radius 2 is 1.92 bits per heavy atom. The number of carbonyl (C=O) groups is 1. The number of aromatic nitrogens is 2. The van der Waals surface area contributed by atoms with Crippen molar-refractivity contribution in [2.75, 3.05) is 6.54 Å². The first-order chi connectivity index (χ1) is 11.7. The topological polar surface area (TPSA) is 46.9 Å². The molecule has 1 N–H and O–H groups in total. The van der Waals surface area contributed by atoms with E-state index in [1.807, 2.05) is 42.5 Å². The van der Waals surface area contributed by atoms with E-state index in [0.717, 1.165) is 40.7 Å². The summed E-state index contributed by atoms with van der Waals surface area (Å²) in [4.78, 5) is 16.9. The van der Waals surface area contributed by atoms with Crippen molar-refractivity contribution in [2.45, 2.75) is 26.3 Å². The molecule has 5 heteroatoms. The number of nitrogens with one attached hydrogen (secondary N) is 1. The molecule has 3 aromatic rings. The molecule has 24 heavy (non-hydrogen) atoms. The number of nitrogens with zero attached hydrogens (tertiary/aromatic N) is 2. The molecule has 0 saturated carbocycles. The van der Waals surface area contributed by atoms with E-state index in [1.165, 1.54) is 0 Å². The first kappa shape index (κ1) is 16.7. The summed E-state index contributed by atoms with van der Waals surface area (Å²) in [6.07, 6.45) is 1.77. The van der Waals surface area contributed by atoms with Crippen molar-refractivity contribution >= 4 is 32.9 Å². The predicted molar refractivity (Wildman–Crippen MR) is 100 cm³/mol. The van der Waals surface area contributed by atoms with E-state index in [1.54, 1.807) is 0 Å². The van der Waals surface area contributed by atoms with E-state index < -0.39 is 0 Å². The summed E-state index contributed by atoms with van der Waals surface area (Å²) in [7, 11) is 0. The first-order valence-electron chi connectivity index (χ1n) is 8.17. The zero-order chi connectivity index (χ0) is 16.9. The van der Waals surface area contributed by atoms with Gasteiger partial charge in [-0.25, -0.2) is 4.98 Å². The highest BCUT2D eigenvalue weighted by Gasteiger charge is 2.10. The minimum Gasteiger partial charge on any atom is -0.352 e. The number of hydrogen-bond donors (Lipinski definition) is 1. The molecule has 2 aromatic carbocycles. The van der Waals surface area contributed by atoms with Crippen LogP contribution in [0.25, 0.3) is 11.0 Å². The normalized spacial score (nSPS) is 10.9. The largest absolute Gasteiger partial charge is 0.352 e. The second kappa shape index (κ2) is 7.62. The maximum Gasteiger partial charge on any atom is 0.251 e. The summed E-state index contributed by atoms with van der Waals surface area (Å²) >= 11 is 3.37. The molecule has 0 saturated heterocycles. The molecule has 4 nitrogen and oxygen atoms in total. The molecule has 0 radical (unpaired) electrons. The van der Waals surface area contributed by atoms with Crippen molar-refractivity contribution in [3.05, 3.63) is 64.4 Å². The van der Waals surface area contributed by atoms with Crippen molar-refractivity contribution in [1.29, 1.82) is 0 Å². The molecule has 0 bridgehead atoms. The summed E-state index contributed by atoms with van der Waals surface area (Å²) in [5, 5.41) is 2.97. The van der Waals surface area contributed by atoms with Crippen LogP contribution in [-0.4, -0.2) is 22.0 Å². The lowest BCUT2D eigenvalue weighted by Crippen LogP contribution is -2.26. The summed E-state index contributed by atoms with van der Waals surface area (Å²) in [6.45, 7) is 3.67. The van der Waals surface area contributed by atoms with Crippen LogP contribution in [0, 0.1) is 0 Å². The van der Waals surface area contributed by atoms with Crippen LogP contribution in [0.3, 0.4) is 0 Å². The average molecular weight is 386 g/mol. The Morgan fingerprint density at radius 3 is 2.67 bits per heavy atom.